The fourth-order valence-electron chi connectivity index (χ4n) is 1.85. The van der Waals surface area contributed by atoms with Gasteiger partial charge >= 0.3 is 5.97 Å². The second kappa shape index (κ2) is 7.24. The molecule has 1 aromatic carbocycles. The fourth-order valence-corrected chi connectivity index (χ4v) is 2.84. The van der Waals surface area contributed by atoms with Crippen molar-refractivity contribution in [2.24, 2.45) is 0 Å². The lowest BCUT2D eigenvalue weighted by molar-refractivity contribution is 0.0607. The van der Waals surface area contributed by atoms with Crippen molar-refractivity contribution in [2.45, 2.75) is 6.92 Å². The Hall–Kier alpha value is -2.12. The van der Waals surface area contributed by atoms with Gasteiger partial charge in [0.2, 0.25) is 0 Å². The number of thiophene rings is 1. The molecule has 1 heterocycles. The first-order valence-electron chi connectivity index (χ1n) is 6.43. The second-order valence-electron chi connectivity index (χ2n) is 4.44. The van der Waals surface area contributed by atoms with E-state index in [-0.39, 0.29) is 0 Å². The number of rotatable bonds is 4. The minimum absolute atomic E-state index is 0.368. The summed E-state index contributed by atoms with van der Waals surface area (Å²) in [7, 11) is 2.95. The van der Waals surface area contributed by atoms with Crippen LogP contribution in [0.1, 0.15) is 15.2 Å². The number of benzene rings is 1. The average molecular weight is 336 g/mol. The van der Waals surface area contributed by atoms with E-state index in [0.29, 0.717) is 21.4 Å². The second-order valence-corrected chi connectivity index (χ2v) is 5.76. The Morgan fingerprint density at radius 3 is 2.59 bits per heavy atom. The van der Waals surface area contributed by atoms with Gasteiger partial charge in [-0.1, -0.05) is 6.07 Å². The van der Waals surface area contributed by atoms with E-state index in [9.17, 15) is 4.79 Å². The summed E-state index contributed by atoms with van der Waals surface area (Å²) in [6.07, 6.45) is 0. The zero-order chi connectivity index (χ0) is 16.1. The number of hydrogen-bond acceptors (Lipinski definition) is 5. The molecule has 0 radical (unpaired) electrons. The predicted octanol–water partition coefficient (Wildman–Crippen LogP) is 3.66. The number of ether oxygens (including phenoxy) is 2. The number of anilines is 2. The summed E-state index contributed by atoms with van der Waals surface area (Å²) in [6, 6.07) is 7.53. The van der Waals surface area contributed by atoms with Crippen molar-refractivity contribution in [1.82, 2.24) is 0 Å². The fraction of sp³-hybridized carbons (Fsp3) is 0.200. The molecular formula is C15H16N2O3S2. The molecule has 0 amide bonds. The van der Waals surface area contributed by atoms with E-state index in [1.165, 1.54) is 18.4 Å². The van der Waals surface area contributed by atoms with Gasteiger partial charge in [0.05, 0.1) is 25.6 Å². The van der Waals surface area contributed by atoms with Gasteiger partial charge < -0.3 is 20.1 Å². The maximum absolute atomic E-state index is 11.6. The van der Waals surface area contributed by atoms with Crippen molar-refractivity contribution in [3.63, 3.8) is 0 Å². The average Bonchev–Trinajstić information content (AvgIpc) is 2.94. The Kier molecular flexibility index (Phi) is 5.35. The van der Waals surface area contributed by atoms with Crippen molar-refractivity contribution in [3.05, 3.63) is 40.1 Å². The third-order valence-electron chi connectivity index (χ3n) is 2.89. The molecule has 0 saturated heterocycles. The minimum Gasteiger partial charge on any atom is -0.495 e. The highest BCUT2D eigenvalue weighted by atomic mass is 32.1. The van der Waals surface area contributed by atoms with Crippen molar-refractivity contribution in [2.75, 3.05) is 24.9 Å². The third-order valence-corrected chi connectivity index (χ3v) is 3.99. The lowest BCUT2D eigenvalue weighted by Crippen LogP contribution is -2.20. The van der Waals surface area contributed by atoms with Crippen LogP contribution in [-0.2, 0) is 4.74 Å². The largest absolute Gasteiger partial charge is 0.495 e. The number of methoxy groups -OCH3 is 2. The minimum atomic E-state index is -0.395. The number of nitrogens with one attached hydrogen (secondary N) is 2. The van der Waals surface area contributed by atoms with E-state index in [2.05, 4.69) is 10.6 Å². The molecule has 5 nitrogen and oxygen atoms in total. The molecule has 7 heteroatoms. The van der Waals surface area contributed by atoms with E-state index in [0.717, 1.165) is 11.3 Å². The number of esters is 1. The first-order valence-corrected chi connectivity index (χ1v) is 7.72. The number of thiocarbonyl (C=S) groups is 1. The van der Waals surface area contributed by atoms with Gasteiger partial charge in [0.1, 0.15) is 10.6 Å². The number of carbonyl (C=O) groups excluding carboxylic acids is 1. The summed E-state index contributed by atoms with van der Waals surface area (Å²) in [4.78, 5) is 12.1. The van der Waals surface area contributed by atoms with E-state index >= 15 is 0 Å². The third kappa shape index (κ3) is 3.75. The Morgan fingerprint density at radius 1 is 1.18 bits per heavy atom. The van der Waals surface area contributed by atoms with Crippen molar-refractivity contribution >= 4 is 46.0 Å². The molecule has 0 bridgehead atoms. The summed E-state index contributed by atoms with van der Waals surface area (Å²) in [6.45, 7) is 1.98. The molecule has 1 aromatic heterocycles. The summed E-state index contributed by atoms with van der Waals surface area (Å²) in [5.41, 5.74) is 2.45. The van der Waals surface area contributed by atoms with E-state index in [4.69, 9.17) is 21.7 Å². The molecule has 2 rings (SSSR count). The first kappa shape index (κ1) is 16.3. The number of aryl methyl sites for hydroxylation is 1. The molecule has 0 unspecified atom stereocenters. The number of hydrogen-bond donors (Lipinski definition) is 2. The van der Waals surface area contributed by atoms with Crippen molar-refractivity contribution in [1.29, 1.82) is 0 Å². The maximum Gasteiger partial charge on any atom is 0.350 e. The number of carbonyl (C=O) groups is 1. The van der Waals surface area contributed by atoms with Gasteiger partial charge in [-0.2, -0.15) is 0 Å². The molecule has 0 aliphatic heterocycles. The zero-order valence-corrected chi connectivity index (χ0v) is 14.1. The van der Waals surface area contributed by atoms with Gasteiger partial charge in [-0.3, -0.25) is 0 Å². The van der Waals surface area contributed by atoms with Gasteiger partial charge in [-0.05, 0) is 48.3 Å². The molecule has 2 aromatic rings. The van der Waals surface area contributed by atoms with Gasteiger partial charge in [0, 0.05) is 0 Å². The summed E-state index contributed by atoms with van der Waals surface area (Å²) >= 11 is 6.58. The van der Waals surface area contributed by atoms with Gasteiger partial charge in [-0.15, -0.1) is 11.3 Å². The van der Waals surface area contributed by atoms with Crippen LogP contribution in [0.3, 0.4) is 0 Å². The smallest absolute Gasteiger partial charge is 0.350 e. The topological polar surface area (TPSA) is 59.6 Å². The van der Waals surface area contributed by atoms with Gasteiger partial charge in [0.15, 0.2) is 5.11 Å². The molecule has 116 valence electrons. The molecule has 0 atom stereocenters. The normalized spacial score (nSPS) is 9.95. The Balaban J connectivity index is 2.13. The molecule has 0 spiro atoms. The molecule has 22 heavy (non-hydrogen) atoms. The zero-order valence-electron chi connectivity index (χ0n) is 12.4. The lowest BCUT2D eigenvalue weighted by atomic mass is 10.2. The van der Waals surface area contributed by atoms with Crippen LogP contribution in [0.25, 0.3) is 0 Å². The highest BCUT2D eigenvalue weighted by Crippen LogP contribution is 2.27. The maximum atomic E-state index is 11.6. The van der Waals surface area contributed by atoms with Crippen LogP contribution in [0.5, 0.6) is 5.75 Å². The van der Waals surface area contributed by atoms with Crippen LogP contribution in [0.4, 0.5) is 11.4 Å². The van der Waals surface area contributed by atoms with E-state index in [1.54, 1.807) is 18.6 Å². The molecule has 0 fully saturated rings. The summed E-state index contributed by atoms with van der Waals surface area (Å²) in [5, 5.41) is 8.24. The molecule has 0 saturated carbocycles. The van der Waals surface area contributed by atoms with E-state index in [1.807, 2.05) is 25.1 Å². The monoisotopic (exact) mass is 336 g/mol. The van der Waals surface area contributed by atoms with Crippen molar-refractivity contribution < 1.29 is 14.3 Å². The van der Waals surface area contributed by atoms with Crippen LogP contribution in [-0.4, -0.2) is 25.3 Å². The standard InChI is InChI=1S/C15H16N2O3S2/c1-9-4-5-12(19-2)11(8-9)17-15(21)16-10-6-7-22-13(10)14(18)20-3/h4-8H,1-3H3,(H2,16,17,21). The van der Waals surface area contributed by atoms with Gasteiger partial charge in [-0.25, -0.2) is 4.79 Å². The first-order chi connectivity index (χ1) is 10.5. The quantitative estimate of drug-likeness (QED) is 0.656. The van der Waals surface area contributed by atoms with Crippen molar-refractivity contribution in [3.8, 4) is 5.75 Å². The van der Waals surface area contributed by atoms with Crippen LogP contribution < -0.4 is 15.4 Å². The lowest BCUT2D eigenvalue weighted by Gasteiger charge is -2.14. The predicted molar refractivity (Wildman–Crippen MR) is 93.2 cm³/mol. The Labute approximate surface area is 138 Å². The van der Waals surface area contributed by atoms with Gasteiger partial charge in [0.25, 0.3) is 0 Å². The SMILES string of the molecule is COC(=O)c1sccc1NC(=S)Nc1cc(C)ccc1OC. The molecule has 0 aliphatic carbocycles. The molecular weight excluding hydrogens is 320 g/mol. The summed E-state index contributed by atoms with van der Waals surface area (Å²) < 4.78 is 10.0. The van der Waals surface area contributed by atoms with Crippen LogP contribution in [0, 0.1) is 6.92 Å². The molecule has 0 aliphatic rings. The van der Waals surface area contributed by atoms with E-state index < -0.39 is 5.97 Å². The Bertz CT molecular complexity index is 698. The van der Waals surface area contributed by atoms with Crippen LogP contribution >= 0.6 is 23.6 Å². The summed E-state index contributed by atoms with van der Waals surface area (Å²) in [5.74, 6) is 0.293. The Morgan fingerprint density at radius 2 is 1.91 bits per heavy atom. The highest BCUT2D eigenvalue weighted by molar-refractivity contribution is 7.80. The van der Waals surface area contributed by atoms with Crippen LogP contribution in [0.2, 0.25) is 0 Å². The molecule has 2 N–H and O–H groups in total. The van der Waals surface area contributed by atoms with Crippen LogP contribution in [0.15, 0.2) is 29.6 Å². The highest BCUT2D eigenvalue weighted by Gasteiger charge is 2.15.